The molecular weight excluding hydrogens is 260 g/mol. The summed E-state index contributed by atoms with van der Waals surface area (Å²) >= 11 is 0. The highest BCUT2D eigenvalue weighted by Gasteiger charge is 1.96. The molecular formula is C19H26O2. The van der Waals surface area contributed by atoms with Gasteiger partial charge in [-0.2, -0.15) is 0 Å². The Balaban J connectivity index is 4.59. The van der Waals surface area contributed by atoms with E-state index < -0.39 is 5.97 Å². The van der Waals surface area contributed by atoms with Crippen molar-refractivity contribution in [3.8, 4) is 0 Å². The van der Waals surface area contributed by atoms with Crippen LogP contribution in [0.4, 0.5) is 0 Å². The summed E-state index contributed by atoms with van der Waals surface area (Å²) in [5.74, 6) is -0.464. The van der Waals surface area contributed by atoms with Crippen molar-refractivity contribution in [3.05, 3.63) is 71.9 Å². The van der Waals surface area contributed by atoms with Crippen molar-refractivity contribution in [1.82, 2.24) is 0 Å². The molecule has 1 atom stereocenters. The fraction of sp³-hybridized carbons (Fsp3) is 0.316. The van der Waals surface area contributed by atoms with Gasteiger partial charge in [0.1, 0.15) is 0 Å². The van der Waals surface area contributed by atoms with Crippen LogP contribution >= 0.6 is 0 Å². The number of hydrogen-bond acceptors (Lipinski definition) is 1. The van der Waals surface area contributed by atoms with Crippen LogP contribution in [0.2, 0.25) is 0 Å². The van der Waals surface area contributed by atoms with Crippen LogP contribution in [0.25, 0.3) is 0 Å². The Hall–Kier alpha value is -2.09. The Labute approximate surface area is 128 Å². The summed E-state index contributed by atoms with van der Waals surface area (Å²) in [6, 6.07) is 0. The van der Waals surface area contributed by atoms with E-state index in [1.54, 1.807) is 6.08 Å². The summed E-state index contributed by atoms with van der Waals surface area (Å²) in [4.78, 5) is 10.3. The van der Waals surface area contributed by atoms with E-state index in [1.807, 2.05) is 19.1 Å². The number of hydrogen-bond donors (Lipinski definition) is 1. The minimum atomic E-state index is -0.936. The van der Waals surface area contributed by atoms with Gasteiger partial charge in [-0.05, 0) is 33.1 Å². The first-order valence-electron chi connectivity index (χ1n) is 7.08. The lowest BCUT2D eigenvalue weighted by atomic mass is 10.0. The number of carboxylic acids is 1. The molecule has 0 unspecified atom stereocenters. The number of carbonyl (C=O) groups is 1. The molecule has 0 bridgehead atoms. The van der Waals surface area contributed by atoms with Crippen LogP contribution in [-0.2, 0) is 4.79 Å². The molecule has 0 heterocycles. The summed E-state index contributed by atoms with van der Waals surface area (Å²) in [5.41, 5.74) is 3.49. The van der Waals surface area contributed by atoms with E-state index in [9.17, 15) is 4.79 Å². The Kier molecular flexibility index (Phi) is 9.61. The van der Waals surface area contributed by atoms with Crippen molar-refractivity contribution in [3.63, 3.8) is 0 Å². The van der Waals surface area contributed by atoms with Crippen LogP contribution in [0.15, 0.2) is 71.9 Å². The topological polar surface area (TPSA) is 37.3 Å². The highest BCUT2D eigenvalue weighted by atomic mass is 16.4. The van der Waals surface area contributed by atoms with E-state index in [0.717, 1.165) is 18.1 Å². The molecule has 0 amide bonds. The molecule has 0 saturated heterocycles. The number of rotatable bonds is 8. The summed E-state index contributed by atoms with van der Waals surface area (Å²) < 4.78 is 0. The average Bonchev–Trinajstić information content (AvgIpc) is 2.40. The second kappa shape index (κ2) is 10.7. The number of aliphatic carboxylic acids is 1. The molecule has 2 heteroatoms. The van der Waals surface area contributed by atoms with Gasteiger partial charge in [-0.25, -0.2) is 4.79 Å². The molecule has 0 aromatic heterocycles. The van der Waals surface area contributed by atoms with E-state index in [4.69, 9.17) is 5.11 Å². The van der Waals surface area contributed by atoms with Crippen LogP contribution in [-0.4, -0.2) is 11.1 Å². The van der Waals surface area contributed by atoms with Crippen molar-refractivity contribution in [1.29, 1.82) is 0 Å². The second-order valence-electron chi connectivity index (χ2n) is 5.22. The minimum Gasteiger partial charge on any atom is -0.478 e. The maximum atomic E-state index is 10.3. The van der Waals surface area contributed by atoms with Gasteiger partial charge in [0.2, 0.25) is 0 Å². The smallest absolute Gasteiger partial charge is 0.328 e. The molecule has 0 aliphatic heterocycles. The van der Waals surface area contributed by atoms with Crippen molar-refractivity contribution in [2.45, 2.75) is 34.1 Å². The first-order valence-corrected chi connectivity index (χ1v) is 7.08. The number of allylic oxidation sites excluding steroid dienone is 10. The third-order valence-corrected chi connectivity index (χ3v) is 2.85. The van der Waals surface area contributed by atoms with Crippen LogP contribution in [0, 0.1) is 5.92 Å². The fourth-order valence-electron chi connectivity index (χ4n) is 1.77. The third-order valence-electron chi connectivity index (χ3n) is 2.85. The minimum absolute atomic E-state index is 0.472. The molecule has 0 aliphatic rings. The van der Waals surface area contributed by atoms with Crippen molar-refractivity contribution < 1.29 is 9.90 Å². The Morgan fingerprint density at radius 1 is 1.10 bits per heavy atom. The lowest BCUT2D eigenvalue weighted by molar-refractivity contribution is -0.131. The summed E-state index contributed by atoms with van der Waals surface area (Å²) in [6.07, 6.45) is 15.6. The Bertz CT molecular complexity index is 500. The van der Waals surface area contributed by atoms with E-state index in [1.165, 1.54) is 17.2 Å². The molecule has 21 heavy (non-hydrogen) atoms. The fourth-order valence-corrected chi connectivity index (χ4v) is 1.77. The van der Waals surface area contributed by atoms with Crippen LogP contribution in [0.5, 0.6) is 0 Å². The molecule has 0 spiro atoms. The maximum absolute atomic E-state index is 10.3. The highest BCUT2D eigenvalue weighted by molar-refractivity contribution is 5.80. The van der Waals surface area contributed by atoms with Gasteiger partial charge in [-0.15, -0.1) is 0 Å². The normalized spacial score (nSPS) is 15.7. The van der Waals surface area contributed by atoms with Gasteiger partial charge in [0.25, 0.3) is 0 Å². The van der Waals surface area contributed by atoms with E-state index in [-0.39, 0.29) is 0 Å². The first kappa shape index (κ1) is 18.9. The van der Waals surface area contributed by atoms with Crippen LogP contribution < -0.4 is 0 Å². The summed E-state index contributed by atoms with van der Waals surface area (Å²) in [6.45, 7) is 12.0. The average molecular weight is 286 g/mol. The monoisotopic (exact) mass is 286 g/mol. The molecule has 0 aliphatic carbocycles. The molecule has 0 rings (SSSR count). The standard InChI is InChI=1S/C19H26O2/c1-6-15(2)11-12-17(4)14-18(5)13-16(3)9-7-8-10-19(20)21/h6-11,13-14,17H,1,12H2,2-5H3,(H,20,21)/b9-7+,10-8+,15-11+,16-13-,18-14+/t17-/m0/s1. The van der Waals surface area contributed by atoms with E-state index in [0.29, 0.717) is 5.92 Å². The van der Waals surface area contributed by atoms with Crippen molar-refractivity contribution >= 4 is 5.97 Å². The quantitative estimate of drug-likeness (QED) is 0.489. The van der Waals surface area contributed by atoms with Gasteiger partial charge in [0.05, 0.1) is 0 Å². The SMILES string of the molecule is C=C/C(C)=C/C[C@H](C)/C=C(C)/C=C(C)\C=C\C=C\C(=O)O. The molecule has 0 radical (unpaired) electrons. The summed E-state index contributed by atoms with van der Waals surface area (Å²) in [7, 11) is 0. The molecule has 0 aromatic rings. The Morgan fingerprint density at radius 2 is 1.71 bits per heavy atom. The molecule has 0 aromatic carbocycles. The second-order valence-corrected chi connectivity index (χ2v) is 5.22. The van der Waals surface area contributed by atoms with Crippen molar-refractivity contribution in [2.24, 2.45) is 5.92 Å². The molecule has 2 nitrogen and oxygen atoms in total. The third kappa shape index (κ3) is 11.4. The number of carboxylic acid groups (broad SMARTS) is 1. The van der Waals surface area contributed by atoms with E-state index >= 15 is 0 Å². The van der Waals surface area contributed by atoms with Gasteiger partial charge < -0.3 is 5.11 Å². The zero-order valence-corrected chi connectivity index (χ0v) is 13.5. The Morgan fingerprint density at radius 3 is 2.29 bits per heavy atom. The molecule has 0 fully saturated rings. The zero-order valence-electron chi connectivity index (χ0n) is 13.5. The maximum Gasteiger partial charge on any atom is 0.328 e. The predicted molar refractivity (Wildman–Crippen MR) is 91.2 cm³/mol. The van der Waals surface area contributed by atoms with Crippen LogP contribution in [0.1, 0.15) is 34.1 Å². The highest BCUT2D eigenvalue weighted by Crippen LogP contribution is 2.12. The molecule has 1 N–H and O–H groups in total. The van der Waals surface area contributed by atoms with Gasteiger partial charge in [-0.3, -0.25) is 0 Å². The van der Waals surface area contributed by atoms with Crippen LogP contribution in [0.3, 0.4) is 0 Å². The van der Waals surface area contributed by atoms with E-state index in [2.05, 4.69) is 45.6 Å². The van der Waals surface area contributed by atoms with Gasteiger partial charge in [0, 0.05) is 6.08 Å². The molecule has 0 saturated carbocycles. The lowest BCUT2D eigenvalue weighted by Gasteiger charge is -2.04. The zero-order chi connectivity index (χ0) is 16.3. The van der Waals surface area contributed by atoms with Gasteiger partial charge in [-0.1, -0.05) is 72.8 Å². The predicted octanol–water partition coefficient (Wildman–Crippen LogP) is 5.23. The van der Waals surface area contributed by atoms with Gasteiger partial charge in [0.15, 0.2) is 0 Å². The summed E-state index contributed by atoms with van der Waals surface area (Å²) in [5, 5.41) is 8.48. The first-order chi connectivity index (χ1) is 9.85. The van der Waals surface area contributed by atoms with Gasteiger partial charge >= 0.3 is 5.97 Å². The molecule has 114 valence electrons. The largest absolute Gasteiger partial charge is 0.478 e. The van der Waals surface area contributed by atoms with Crippen molar-refractivity contribution in [2.75, 3.05) is 0 Å². The lowest BCUT2D eigenvalue weighted by Crippen LogP contribution is -1.89.